The minimum atomic E-state index is -4.88. The number of aromatic nitrogens is 1. The standard InChI is InChI=1S/C21H22F3N5O5S/c22-21(23,24)34-16-3-5-17(6-4-16)35(32,33)29-11-9-28(10-12-29)20(31)27-15-7-8-25-18(13-15)19(30)26-14-1-2-14/h3-8,13-14H,1-2,9-12H2,(H,26,30)(H,25,27,31). The van der Waals surface area contributed by atoms with Crippen LogP contribution in [0, 0.1) is 0 Å². The topological polar surface area (TPSA) is 121 Å². The first-order valence-corrected chi connectivity index (χ1v) is 12.1. The highest BCUT2D eigenvalue weighted by molar-refractivity contribution is 7.89. The van der Waals surface area contributed by atoms with E-state index >= 15 is 0 Å². The zero-order valence-electron chi connectivity index (χ0n) is 18.3. The monoisotopic (exact) mass is 513 g/mol. The van der Waals surface area contributed by atoms with Crippen molar-refractivity contribution in [1.82, 2.24) is 19.5 Å². The molecule has 0 spiro atoms. The van der Waals surface area contributed by atoms with Crippen LogP contribution >= 0.6 is 0 Å². The summed E-state index contributed by atoms with van der Waals surface area (Å²) < 4.78 is 67.5. The molecule has 4 rings (SSSR count). The quantitative estimate of drug-likeness (QED) is 0.612. The molecule has 2 fully saturated rings. The molecule has 10 nitrogen and oxygen atoms in total. The summed E-state index contributed by atoms with van der Waals surface area (Å²) in [4.78, 5) is 30.0. The zero-order chi connectivity index (χ0) is 25.2. The molecule has 0 radical (unpaired) electrons. The van der Waals surface area contributed by atoms with Crippen molar-refractivity contribution >= 4 is 27.6 Å². The third-order valence-corrected chi connectivity index (χ3v) is 7.29. The summed E-state index contributed by atoms with van der Waals surface area (Å²) >= 11 is 0. The number of urea groups is 1. The Morgan fingerprint density at radius 3 is 2.29 bits per heavy atom. The Hall–Kier alpha value is -3.39. The second-order valence-corrected chi connectivity index (χ2v) is 9.96. The molecule has 3 amide bonds. The third kappa shape index (κ3) is 6.39. The van der Waals surface area contributed by atoms with Gasteiger partial charge < -0.3 is 20.3 Å². The van der Waals surface area contributed by atoms with Crippen LogP contribution < -0.4 is 15.4 Å². The van der Waals surface area contributed by atoms with Gasteiger partial charge in [0.1, 0.15) is 11.4 Å². The van der Waals surface area contributed by atoms with E-state index in [1.807, 2.05) is 0 Å². The molecule has 2 aromatic rings. The van der Waals surface area contributed by atoms with Crippen LogP contribution in [0.3, 0.4) is 0 Å². The highest BCUT2D eigenvalue weighted by atomic mass is 32.2. The van der Waals surface area contributed by atoms with Crippen molar-refractivity contribution in [1.29, 1.82) is 0 Å². The number of ether oxygens (including phenoxy) is 1. The predicted octanol–water partition coefficient (Wildman–Crippen LogP) is 2.41. The van der Waals surface area contributed by atoms with E-state index in [0.29, 0.717) is 5.69 Å². The molecule has 1 saturated carbocycles. The summed E-state index contributed by atoms with van der Waals surface area (Å²) in [7, 11) is -3.97. The molecule has 188 valence electrons. The van der Waals surface area contributed by atoms with Gasteiger partial charge in [0.05, 0.1) is 4.90 Å². The molecule has 14 heteroatoms. The van der Waals surface area contributed by atoms with Gasteiger partial charge >= 0.3 is 12.4 Å². The Labute approximate surface area is 199 Å². The van der Waals surface area contributed by atoms with Crippen LogP contribution in [0.5, 0.6) is 5.75 Å². The van der Waals surface area contributed by atoms with E-state index in [0.717, 1.165) is 41.4 Å². The number of rotatable bonds is 6. The number of carbonyl (C=O) groups is 2. The van der Waals surface area contributed by atoms with Crippen molar-refractivity contribution in [3.63, 3.8) is 0 Å². The number of halogens is 3. The number of sulfonamides is 1. The fourth-order valence-electron chi connectivity index (χ4n) is 3.42. The summed E-state index contributed by atoms with van der Waals surface area (Å²) in [6, 6.07) is 6.64. The van der Waals surface area contributed by atoms with E-state index in [-0.39, 0.29) is 48.7 Å². The van der Waals surface area contributed by atoms with Gasteiger partial charge in [-0.15, -0.1) is 13.2 Å². The molecule has 0 unspecified atom stereocenters. The van der Waals surface area contributed by atoms with Crippen molar-refractivity contribution in [2.75, 3.05) is 31.5 Å². The van der Waals surface area contributed by atoms with Gasteiger partial charge in [-0.1, -0.05) is 0 Å². The number of hydrogen-bond donors (Lipinski definition) is 2. The number of benzene rings is 1. The molecule has 0 atom stereocenters. The lowest BCUT2D eigenvalue weighted by Gasteiger charge is -2.34. The molecule has 1 aliphatic carbocycles. The number of nitrogens with one attached hydrogen (secondary N) is 2. The second-order valence-electron chi connectivity index (χ2n) is 8.02. The molecule has 1 aliphatic heterocycles. The average Bonchev–Trinajstić information content (AvgIpc) is 3.62. The van der Waals surface area contributed by atoms with Crippen LogP contribution in [0.15, 0.2) is 47.5 Å². The highest BCUT2D eigenvalue weighted by Gasteiger charge is 2.33. The van der Waals surface area contributed by atoms with Gasteiger partial charge in [0.25, 0.3) is 5.91 Å². The van der Waals surface area contributed by atoms with Crippen LogP contribution in [-0.4, -0.2) is 73.1 Å². The van der Waals surface area contributed by atoms with Crippen molar-refractivity contribution in [3.05, 3.63) is 48.3 Å². The van der Waals surface area contributed by atoms with Crippen LogP contribution in [-0.2, 0) is 10.0 Å². The van der Waals surface area contributed by atoms with E-state index < -0.39 is 28.2 Å². The van der Waals surface area contributed by atoms with Crippen LogP contribution in [0.4, 0.5) is 23.7 Å². The zero-order valence-corrected chi connectivity index (χ0v) is 19.1. The summed E-state index contributed by atoms with van der Waals surface area (Å²) in [5.41, 5.74) is 0.555. The maximum Gasteiger partial charge on any atom is 0.573 e. The maximum absolute atomic E-state index is 12.8. The highest BCUT2D eigenvalue weighted by Crippen LogP contribution is 2.25. The Balaban J connectivity index is 1.32. The number of pyridine rings is 1. The first-order chi connectivity index (χ1) is 16.5. The average molecular weight is 513 g/mol. The van der Waals surface area contributed by atoms with E-state index in [9.17, 15) is 31.2 Å². The van der Waals surface area contributed by atoms with E-state index in [4.69, 9.17) is 0 Å². The van der Waals surface area contributed by atoms with Crippen LogP contribution in [0.1, 0.15) is 23.3 Å². The first-order valence-electron chi connectivity index (χ1n) is 10.7. The van der Waals surface area contributed by atoms with Gasteiger partial charge in [-0.25, -0.2) is 13.2 Å². The number of nitrogens with zero attached hydrogens (tertiary/aromatic N) is 3. The first kappa shape index (κ1) is 24.7. The molecule has 35 heavy (non-hydrogen) atoms. The molecular weight excluding hydrogens is 491 g/mol. The Morgan fingerprint density at radius 2 is 1.69 bits per heavy atom. The summed E-state index contributed by atoms with van der Waals surface area (Å²) in [6.07, 6.45) is -1.60. The number of alkyl halides is 3. The normalized spacial score (nSPS) is 17.1. The minimum absolute atomic E-state index is 0.00193. The SMILES string of the molecule is O=C(NC1CC1)c1cc(NC(=O)N2CCN(S(=O)(=O)c3ccc(OC(F)(F)F)cc3)CC2)ccn1. The lowest BCUT2D eigenvalue weighted by Crippen LogP contribution is -2.51. The minimum Gasteiger partial charge on any atom is -0.406 e. The van der Waals surface area contributed by atoms with Gasteiger partial charge in [0.2, 0.25) is 10.0 Å². The van der Waals surface area contributed by atoms with Gasteiger partial charge in [-0.3, -0.25) is 9.78 Å². The molecule has 2 N–H and O–H groups in total. The third-order valence-electron chi connectivity index (χ3n) is 5.38. The molecular formula is C21H22F3N5O5S. The summed E-state index contributed by atoms with van der Waals surface area (Å²) in [5.74, 6) is -0.845. The van der Waals surface area contributed by atoms with Crippen molar-refractivity contribution < 1.29 is 35.9 Å². The Morgan fingerprint density at radius 1 is 1.03 bits per heavy atom. The fourth-order valence-corrected chi connectivity index (χ4v) is 4.84. The lowest BCUT2D eigenvalue weighted by atomic mass is 10.3. The lowest BCUT2D eigenvalue weighted by molar-refractivity contribution is -0.274. The van der Waals surface area contributed by atoms with Crippen molar-refractivity contribution in [2.45, 2.75) is 30.1 Å². The number of carbonyl (C=O) groups excluding carboxylic acids is 2. The maximum atomic E-state index is 12.8. The Bertz CT molecular complexity index is 1190. The fraction of sp³-hybridized carbons (Fsp3) is 0.381. The van der Waals surface area contributed by atoms with Gasteiger partial charge in [0, 0.05) is 44.1 Å². The number of anilines is 1. The van der Waals surface area contributed by atoms with Gasteiger partial charge in [0.15, 0.2) is 0 Å². The number of hydrogen-bond acceptors (Lipinski definition) is 6. The van der Waals surface area contributed by atoms with E-state index in [2.05, 4.69) is 20.4 Å². The predicted molar refractivity (Wildman–Crippen MR) is 117 cm³/mol. The van der Waals surface area contributed by atoms with Gasteiger partial charge in [-0.2, -0.15) is 4.31 Å². The van der Waals surface area contributed by atoms with Crippen molar-refractivity contribution in [2.24, 2.45) is 0 Å². The van der Waals surface area contributed by atoms with Crippen LogP contribution in [0.2, 0.25) is 0 Å². The molecule has 0 bridgehead atoms. The van der Waals surface area contributed by atoms with Crippen LogP contribution in [0.25, 0.3) is 0 Å². The molecule has 1 aromatic heterocycles. The number of piperazine rings is 1. The second kappa shape index (κ2) is 9.70. The smallest absolute Gasteiger partial charge is 0.406 e. The number of amides is 3. The van der Waals surface area contributed by atoms with E-state index in [1.54, 1.807) is 6.07 Å². The largest absolute Gasteiger partial charge is 0.573 e. The summed E-state index contributed by atoms with van der Waals surface area (Å²) in [6.45, 7) is 0.199. The molecule has 2 aliphatic rings. The molecule has 2 heterocycles. The molecule has 1 aromatic carbocycles. The molecule has 1 saturated heterocycles. The Kier molecular flexibility index (Phi) is 6.85. The van der Waals surface area contributed by atoms with Crippen molar-refractivity contribution in [3.8, 4) is 5.75 Å². The summed E-state index contributed by atoms with van der Waals surface area (Å²) in [5, 5.41) is 5.49. The van der Waals surface area contributed by atoms with E-state index in [1.165, 1.54) is 17.2 Å². The van der Waals surface area contributed by atoms with Gasteiger partial charge in [-0.05, 0) is 49.2 Å².